The van der Waals surface area contributed by atoms with Crippen molar-refractivity contribution < 1.29 is 4.74 Å². The van der Waals surface area contributed by atoms with Crippen LogP contribution in [-0.4, -0.2) is 50.3 Å². The molecule has 0 amide bonds. The zero-order chi connectivity index (χ0) is 13.1. The van der Waals surface area contributed by atoms with Gasteiger partial charge in [0.05, 0.1) is 6.61 Å². The maximum atomic E-state index is 5.24. The molecule has 0 saturated carbocycles. The van der Waals surface area contributed by atoms with Crippen molar-refractivity contribution in [2.24, 2.45) is 0 Å². The van der Waals surface area contributed by atoms with Gasteiger partial charge in [-0.1, -0.05) is 27.2 Å². The first-order chi connectivity index (χ1) is 8.21. The number of hydrogen-bond acceptors (Lipinski definition) is 3. The van der Waals surface area contributed by atoms with E-state index in [-0.39, 0.29) is 0 Å². The molecule has 0 aliphatic rings. The van der Waals surface area contributed by atoms with Crippen LogP contribution in [0.25, 0.3) is 0 Å². The van der Waals surface area contributed by atoms with E-state index in [1.807, 2.05) is 0 Å². The zero-order valence-corrected chi connectivity index (χ0v) is 12.5. The summed E-state index contributed by atoms with van der Waals surface area (Å²) < 4.78 is 5.24. The molecule has 2 atom stereocenters. The van der Waals surface area contributed by atoms with Crippen molar-refractivity contribution in [3.05, 3.63) is 0 Å². The smallest absolute Gasteiger partial charge is 0.0589 e. The van der Waals surface area contributed by atoms with E-state index in [9.17, 15) is 0 Å². The van der Waals surface area contributed by atoms with Crippen molar-refractivity contribution in [1.29, 1.82) is 0 Å². The number of likely N-dealkylation sites (N-methyl/N-ethyl adjacent to an activating group) is 1. The van der Waals surface area contributed by atoms with Gasteiger partial charge in [-0.3, -0.25) is 4.90 Å². The van der Waals surface area contributed by atoms with E-state index in [0.717, 1.165) is 26.2 Å². The SMILES string of the molecule is CCCC(CNCC)N(CCOC)C(C)CC. The van der Waals surface area contributed by atoms with Gasteiger partial charge >= 0.3 is 0 Å². The van der Waals surface area contributed by atoms with E-state index >= 15 is 0 Å². The third-order valence-corrected chi connectivity index (χ3v) is 3.43. The molecule has 3 heteroatoms. The minimum Gasteiger partial charge on any atom is -0.383 e. The van der Waals surface area contributed by atoms with Crippen LogP contribution >= 0.6 is 0 Å². The van der Waals surface area contributed by atoms with Crippen LogP contribution in [0, 0.1) is 0 Å². The van der Waals surface area contributed by atoms with Crippen molar-refractivity contribution >= 4 is 0 Å². The first kappa shape index (κ1) is 16.9. The summed E-state index contributed by atoms with van der Waals surface area (Å²) in [5.41, 5.74) is 0. The third kappa shape index (κ3) is 7.02. The number of nitrogens with one attached hydrogen (secondary N) is 1. The maximum Gasteiger partial charge on any atom is 0.0589 e. The lowest BCUT2D eigenvalue weighted by molar-refractivity contribution is 0.0832. The van der Waals surface area contributed by atoms with Gasteiger partial charge in [0.2, 0.25) is 0 Å². The summed E-state index contributed by atoms with van der Waals surface area (Å²) in [4.78, 5) is 2.61. The normalized spacial score (nSPS) is 15.2. The molecule has 2 unspecified atom stereocenters. The van der Waals surface area contributed by atoms with Crippen LogP contribution in [0.1, 0.15) is 47.0 Å². The molecule has 0 aromatic heterocycles. The Morgan fingerprint density at radius 2 is 1.94 bits per heavy atom. The van der Waals surface area contributed by atoms with Crippen LogP contribution in [0.2, 0.25) is 0 Å². The standard InChI is InChI=1S/C14H32N2O/c1-6-9-14(12-15-8-3)16(10-11-17-5)13(4)7-2/h13-15H,6-12H2,1-5H3. The summed E-state index contributed by atoms with van der Waals surface area (Å²) in [5.74, 6) is 0. The van der Waals surface area contributed by atoms with Gasteiger partial charge in [-0.25, -0.2) is 0 Å². The van der Waals surface area contributed by atoms with Gasteiger partial charge in [-0.05, 0) is 26.3 Å². The second-order valence-corrected chi connectivity index (χ2v) is 4.74. The molecule has 0 spiro atoms. The highest BCUT2D eigenvalue weighted by molar-refractivity contribution is 4.78. The summed E-state index contributed by atoms with van der Waals surface area (Å²) in [6, 6.07) is 1.28. The minimum absolute atomic E-state index is 0.639. The van der Waals surface area contributed by atoms with Gasteiger partial charge < -0.3 is 10.1 Å². The van der Waals surface area contributed by atoms with E-state index in [4.69, 9.17) is 4.74 Å². The van der Waals surface area contributed by atoms with Crippen LogP contribution in [0.3, 0.4) is 0 Å². The number of rotatable bonds is 11. The van der Waals surface area contributed by atoms with Crippen molar-refractivity contribution in [1.82, 2.24) is 10.2 Å². The Hall–Kier alpha value is -0.120. The molecule has 104 valence electrons. The topological polar surface area (TPSA) is 24.5 Å². The van der Waals surface area contributed by atoms with Gasteiger partial charge in [0.15, 0.2) is 0 Å². The maximum absolute atomic E-state index is 5.24. The number of methoxy groups -OCH3 is 1. The fourth-order valence-corrected chi connectivity index (χ4v) is 2.22. The van der Waals surface area contributed by atoms with E-state index in [0.29, 0.717) is 12.1 Å². The molecular weight excluding hydrogens is 212 g/mol. The summed E-state index contributed by atoms with van der Waals surface area (Å²) >= 11 is 0. The van der Waals surface area contributed by atoms with Gasteiger partial charge in [-0.2, -0.15) is 0 Å². The van der Waals surface area contributed by atoms with E-state index in [2.05, 4.69) is 37.9 Å². The highest BCUT2D eigenvalue weighted by Crippen LogP contribution is 2.13. The van der Waals surface area contributed by atoms with Gasteiger partial charge in [0.25, 0.3) is 0 Å². The monoisotopic (exact) mass is 244 g/mol. The number of ether oxygens (including phenoxy) is 1. The largest absolute Gasteiger partial charge is 0.383 e. The van der Waals surface area contributed by atoms with E-state index < -0.39 is 0 Å². The third-order valence-electron chi connectivity index (χ3n) is 3.43. The summed E-state index contributed by atoms with van der Waals surface area (Å²) in [6.45, 7) is 13.1. The first-order valence-corrected chi connectivity index (χ1v) is 7.16. The highest BCUT2D eigenvalue weighted by atomic mass is 16.5. The van der Waals surface area contributed by atoms with Crippen LogP contribution in [0.5, 0.6) is 0 Å². The summed E-state index contributed by atoms with van der Waals surface area (Å²) in [6.07, 6.45) is 3.72. The Kier molecular flexibility index (Phi) is 10.9. The number of nitrogens with zero attached hydrogens (tertiary/aromatic N) is 1. The lowest BCUT2D eigenvalue weighted by atomic mass is 10.1. The Bertz CT molecular complexity index is 164. The molecule has 1 N–H and O–H groups in total. The molecule has 3 nitrogen and oxygen atoms in total. The average Bonchev–Trinajstić information content (AvgIpc) is 2.35. The molecule has 0 aromatic carbocycles. The molecule has 0 aliphatic carbocycles. The number of hydrogen-bond donors (Lipinski definition) is 1. The van der Waals surface area contributed by atoms with Crippen LogP contribution in [0.15, 0.2) is 0 Å². The van der Waals surface area contributed by atoms with Crippen molar-refractivity contribution in [2.75, 3.05) is 33.4 Å². The van der Waals surface area contributed by atoms with Crippen molar-refractivity contribution in [3.63, 3.8) is 0 Å². The molecule has 0 heterocycles. The molecule has 0 radical (unpaired) electrons. The molecule has 0 rings (SSSR count). The van der Waals surface area contributed by atoms with Crippen LogP contribution in [0.4, 0.5) is 0 Å². The predicted molar refractivity (Wildman–Crippen MR) is 75.6 cm³/mol. The summed E-state index contributed by atoms with van der Waals surface area (Å²) in [7, 11) is 1.79. The minimum atomic E-state index is 0.639. The van der Waals surface area contributed by atoms with Crippen molar-refractivity contribution in [2.45, 2.75) is 59.0 Å². The molecule has 0 saturated heterocycles. The Morgan fingerprint density at radius 3 is 2.41 bits per heavy atom. The molecule has 0 aromatic rings. The van der Waals surface area contributed by atoms with Gasteiger partial charge in [0, 0.05) is 32.3 Å². The lowest BCUT2D eigenvalue weighted by Gasteiger charge is -2.36. The molecule has 0 bridgehead atoms. The highest BCUT2D eigenvalue weighted by Gasteiger charge is 2.21. The first-order valence-electron chi connectivity index (χ1n) is 7.16. The second-order valence-electron chi connectivity index (χ2n) is 4.74. The fraction of sp³-hybridized carbons (Fsp3) is 1.00. The average molecular weight is 244 g/mol. The van der Waals surface area contributed by atoms with E-state index in [1.54, 1.807) is 7.11 Å². The molecular formula is C14H32N2O. The van der Waals surface area contributed by atoms with Crippen LogP contribution < -0.4 is 5.32 Å². The van der Waals surface area contributed by atoms with E-state index in [1.165, 1.54) is 19.3 Å². The van der Waals surface area contributed by atoms with Gasteiger partial charge in [0.1, 0.15) is 0 Å². The van der Waals surface area contributed by atoms with Crippen LogP contribution in [-0.2, 0) is 4.74 Å². The predicted octanol–water partition coefficient (Wildman–Crippen LogP) is 2.51. The quantitative estimate of drug-likeness (QED) is 0.604. The Balaban J connectivity index is 4.42. The molecule has 0 fully saturated rings. The summed E-state index contributed by atoms with van der Waals surface area (Å²) in [5, 5.41) is 3.49. The Morgan fingerprint density at radius 1 is 1.24 bits per heavy atom. The fourth-order valence-electron chi connectivity index (χ4n) is 2.22. The molecule has 0 aliphatic heterocycles. The molecule has 17 heavy (non-hydrogen) atoms. The van der Waals surface area contributed by atoms with Crippen molar-refractivity contribution in [3.8, 4) is 0 Å². The lowest BCUT2D eigenvalue weighted by Crippen LogP contribution is -2.48. The Labute approximate surface area is 108 Å². The zero-order valence-electron chi connectivity index (χ0n) is 12.5. The van der Waals surface area contributed by atoms with Gasteiger partial charge in [-0.15, -0.1) is 0 Å². The second kappa shape index (κ2) is 11.0.